The van der Waals surface area contributed by atoms with Crippen LogP contribution in [-0.4, -0.2) is 31.5 Å². The summed E-state index contributed by atoms with van der Waals surface area (Å²) in [4.78, 5) is 13.2. The molecule has 3 heteroatoms. The second-order valence-corrected chi connectivity index (χ2v) is 3.70. The summed E-state index contributed by atoms with van der Waals surface area (Å²) >= 11 is 0. The van der Waals surface area contributed by atoms with Crippen LogP contribution in [0.15, 0.2) is 30.3 Å². The van der Waals surface area contributed by atoms with Crippen LogP contribution >= 0.6 is 0 Å². The van der Waals surface area contributed by atoms with Crippen molar-refractivity contribution in [2.45, 2.75) is 13.0 Å². The molecule has 15 heavy (non-hydrogen) atoms. The van der Waals surface area contributed by atoms with Crippen LogP contribution in [0.3, 0.4) is 0 Å². The fraction of sp³-hybridized carbons (Fsp3) is 0.417. The van der Waals surface area contributed by atoms with E-state index in [2.05, 4.69) is 0 Å². The molecule has 0 aliphatic carbocycles. The van der Waals surface area contributed by atoms with Gasteiger partial charge in [-0.25, -0.2) is 0 Å². The zero-order valence-electron chi connectivity index (χ0n) is 9.27. The Labute approximate surface area is 90.7 Å². The average molecular weight is 207 g/mol. The third kappa shape index (κ3) is 5.18. The Bertz CT molecular complexity index is 296. The van der Waals surface area contributed by atoms with E-state index in [-0.39, 0.29) is 5.97 Å². The summed E-state index contributed by atoms with van der Waals surface area (Å²) in [7, 11) is 3.87. The number of carbonyl (C=O) groups excluding carboxylic acids is 1. The van der Waals surface area contributed by atoms with Gasteiger partial charge in [-0.1, -0.05) is 30.3 Å². The Morgan fingerprint density at radius 3 is 2.53 bits per heavy atom. The molecule has 0 saturated carbocycles. The van der Waals surface area contributed by atoms with Crippen molar-refractivity contribution in [3.05, 3.63) is 35.9 Å². The van der Waals surface area contributed by atoms with Gasteiger partial charge >= 0.3 is 5.97 Å². The van der Waals surface area contributed by atoms with Crippen molar-refractivity contribution >= 4 is 5.97 Å². The van der Waals surface area contributed by atoms with Crippen molar-refractivity contribution in [1.82, 2.24) is 4.90 Å². The molecule has 0 atom stereocenters. The van der Waals surface area contributed by atoms with Gasteiger partial charge < -0.3 is 9.64 Å². The van der Waals surface area contributed by atoms with Crippen molar-refractivity contribution < 1.29 is 9.53 Å². The Balaban J connectivity index is 2.23. The first-order chi connectivity index (χ1) is 7.18. The van der Waals surface area contributed by atoms with Gasteiger partial charge in [-0.05, 0) is 19.7 Å². The minimum atomic E-state index is -0.146. The molecule has 0 aromatic heterocycles. The molecule has 0 spiro atoms. The second kappa shape index (κ2) is 6.19. The Kier molecular flexibility index (Phi) is 4.84. The molecule has 3 nitrogen and oxygen atoms in total. The lowest BCUT2D eigenvalue weighted by Crippen LogP contribution is -2.17. The molecule has 0 aliphatic heterocycles. The van der Waals surface area contributed by atoms with Gasteiger partial charge in [0.05, 0.1) is 6.42 Å². The summed E-state index contributed by atoms with van der Waals surface area (Å²) in [5.74, 6) is -0.146. The third-order valence-electron chi connectivity index (χ3n) is 2.01. The SMILES string of the molecule is CN(C)CCC(=O)OCc1ccccc1. The van der Waals surface area contributed by atoms with Crippen LogP contribution in [0.1, 0.15) is 12.0 Å². The number of hydrogen-bond acceptors (Lipinski definition) is 3. The minimum Gasteiger partial charge on any atom is -0.461 e. The maximum atomic E-state index is 11.3. The van der Waals surface area contributed by atoms with Crippen LogP contribution in [-0.2, 0) is 16.1 Å². The fourth-order valence-electron chi connectivity index (χ4n) is 1.13. The highest BCUT2D eigenvalue weighted by molar-refractivity contribution is 5.69. The third-order valence-corrected chi connectivity index (χ3v) is 2.01. The topological polar surface area (TPSA) is 29.5 Å². The summed E-state index contributed by atoms with van der Waals surface area (Å²) < 4.78 is 5.11. The fourth-order valence-corrected chi connectivity index (χ4v) is 1.13. The van der Waals surface area contributed by atoms with Gasteiger partial charge in [0.2, 0.25) is 0 Å². The Morgan fingerprint density at radius 1 is 1.27 bits per heavy atom. The molecule has 0 unspecified atom stereocenters. The quantitative estimate of drug-likeness (QED) is 0.688. The smallest absolute Gasteiger partial charge is 0.307 e. The van der Waals surface area contributed by atoms with E-state index in [0.29, 0.717) is 13.0 Å². The van der Waals surface area contributed by atoms with E-state index in [4.69, 9.17) is 4.74 Å². The first kappa shape index (κ1) is 11.7. The summed E-state index contributed by atoms with van der Waals surface area (Å²) in [5, 5.41) is 0. The monoisotopic (exact) mass is 207 g/mol. The molecule has 0 bridgehead atoms. The molecule has 0 heterocycles. The molecule has 1 aromatic carbocycles. The van der Waals surface area contributed by atoms with Gasteiger partial charge in [0.1, 0.15) is 6.61 Å². The van der Waals surface area contributed by atoms with E-state index in [1.807, 2.05) is 49.3 Å². The van der Waals surface area contributed by atoms with Crippen LogP contribution in [0.4, 0.5) is 0 Å². The van der Waals surface area contributed by atoms with E-state index >= 15 is 0 Å². The van der Waals surface area contributed by atoms with Crippen molar-refractivity contribution in [2.24, 2.45) is 0 Å². The summed E-state index contributed by atoms with van der Waals surface area (Å²) in [6.45, 7) is 1.10. The number of carbonyl (C=O) groups is 1. The molecular formula is C12H17NO2. The standard InChI is InChI=1S/C12H17NO2/c1-13(2)9-8-12(14)15-10-11-6-4-3-5-7-11/h3-7H,8-10H2,1-2H3. The van der Waals surface area contributed by atoms with Gasteiger partial charge in [0.25, 0.3) is 0 Å². The normalized spacial score (nSPS) is 10.3. The molecule has 0 aliphatic rings. The van der Waals surface area contributed by atoms with Crippen LogP contribution in [0.5, 0.6) is 0 Å². The lowest BCUT2D eigenvalue weighted by Gasteiger charge is -2.09. The molecular weight excluding hydrogens is 190 g/mol. The number of esters is 1. The first-order valence-electron chi connectivity index (χ1n) is 5.03. The van der Waals surface area contributed by atoms with Crippen molar-refractivity contribution in [3.8, 4) is 0 Å². The lowest BCUT2D eigenvalue weighted by molar-refractivity contribution is -0.145. The van der Waals surface area contributed by atoms with Crippen molar-refractivity contribution in [2.75, 3.05) is 20.6 Å². The van der Waals surface area contributed by atoms with Gasteiger partial charge in [0.15, 0.2) is 0 Å². The van der Waals surface area contributed by atoms with Gasteiger partial charge in [-0.15, -0.1) is 0 Å². The van der Waals surface area contributed by atoms with E-state index in [9.17, 15) is 4.79 Å². The number of rotatable bonds is 5. The van der Waals surface area contributed by atoms with Crippen LogP contribution < -0.4 is 0 Å². The number of hydrogen-bond donors (Lipinski definition) is 0. The highest BCUT2D eigenvalue weighted by atomic mass is 16.5. The predicted octanol–water partition coefficient (Wildman–Crippen LogP) is 1.68. The highest BCUT2D eigenvalue weighted by Gasteiger charge is 2.03. The minimum absolute atomic E-state index is 0.146. The Morgan fingerprint density at radius 2 is 1.93 bits per heavy atom. The van der Waals surface area contributed by atoms with E-state index in [1.54, 1.807) is 0 Å². The molecule has 1 aromatic rings. The number of ether oxygens (including phenoxy) is 1. The van der Waals surface area contributed by atoms with E-state index in [1.165, 1.54) is 0 Å². The molecule has 82 valence electrons. The average Bonchev–Trinajstić information content (AvgIpc) is 2.25. The first-order valence-corrected chi connectivity index (χ1v) is 5.03. The van der Waals surface area contributed by atoms with Crippen LogP contribution in [0.2, 0.25) is 0 Å². The molecule has 1 rings (SSSR count). The van der Waals surface area contributed by atoms with E-state index < -0.39 is 0 Å². The van der Waals surface area contributed by atoms with Crippen LogP contribution in [0.25, 0.3) is 0 Å². The van der Waals surface area contributed by atoms with Gasteiger partial charge in [-0.3, -0.25) is 4.79 Å². The maximum absolute atomic E-state index is 11.3. The number of nitrogens with zero attached hydrogens (tertiary/aromatic N) is 1. The molecule has 0 saturated heterocycles. The summed E-state index contributed by atoms with van der Waals surface area (Å²) in [5.41, 5.74) is 1.02. The van der Waals surface area contributed by atoms with Gasteiger partial charge in [0, 0.05) is 6.54 Å². The zero-order valence-corrected chi connectivity index (χ0v) is 9.27. The van der Waals surface area contributed by atoms with Gasteiger partial charge in [-0.2, -0.15) is 0 Å². The second-order valence-electron chi connectivity index (χ2n) is 3.70. The highest BCUT2D eigenvalue weighted by Crippen LogP contribution is 2.01. The molecule has 0 N–H and O–H groups in total. The van der Waals surface area contributed by atoms with Crippen molar-refractivity contribution in [1.29, 1.82) is 0 Å². The maximum Gasteiger partial charge on any atom is 0.307 e. The molecule has 0 amide bonds. The Hall–Kier alpha value is -1.35. The molecule has 0 fully saturated rings. The van der Waals surface area contributed by atoms with E-state index in [0.717, 1.165) is 12.1 Å². The van der Waals surface area contributed by atoms with Crippen molar-refractivity contribution in [3.63, 3.8) is 0 Å². The number of benzene rings is 1. The lowest BCUT2D eigenvalue weighted by atomic mass is 10.2. The zero-order chi connectivity index (χ0) is 11.1. The summed E-state index contributed by atoms with van der Waals surface area (Å²) in [6.07, 6.45) is 0.444. The molecule has 0 radical (unpaired) electrons. The predicted molar refractivity (Wildman–Crippen MR) is 59.4 cm³/mol. The summed E-state index contributed by atoms with van der Waals surface area (Å²) in [6, 6.07) is 9.70. The largest absolute Gasteiger partial charge is 0.461 e. The van der Waals surface area contributed by atoms with Crippen LogP contribution in [0, 0.1) is 0 Å².